The minimum Gasteiger partial charge on any atom is -0.271 e. The molecule has 0 spiro atoms. The number of thioether (sulfide) groups is 1. The molecule has 0 saturated heterocycles. The van der Waals surface area contributed by atoms with E-state index in [-0.39, 0.29) is 6.04 Å². The summed E-state index contributed by atoms with van der Waals surface area (Å²) in [7, 11) is 0. The van der Waals surface area contributed by atoms with Crippen LogP contribution in [0.2, 0.25) is 0 Å². The number of thiophene rings is 2. The van der Waals surface area contributed by atoms with Gasteiger partial charge in [-0.1, -0.05) is 0 Å². The Kier molecular flexibility index (Phi) is 3.77. The average Bonchev–Trinajstić information content (AvgIpc) is 2.97. The first-order chi connectivity index (χ1) is 8.79. The van der Waals surface area contributed by atoms with Crippen molar-refractivity contribution in [1.29, 1.82) is 0 Å². The Balaban J connectivity index is 1.97. The third kappa shape index (κ3) is 2.26. The Labute approximate surface area is 120 Å². The SMILES string of the molecule is Cc1sccc1C(NN)c1cc2c(s1)CCSC2. The summed E-state index contributed by atoms with van der Waals surface area (Å²) in [4.78, 5) is 4.25. The maximum absolute atomic E-state index is 5.78. The Morgan fingerprint density at radius 3 is 3.00 bits per heavy atom. The van der Waals surface area contributed by atoms with E-state index in [0.717, 1.165) is 5.75 Å². The molecule has 0 saturated carbocycles. The maximum Gasteiger partial charge on any atom is 0.0813 e. The van der Waals surface area contributed by atoms with Crippen molar-refractivity contribution in [2.75, 3.05) is 5.75 Å². The quantitative estimate of drug-likeness (QED) is 0.673. The lowest BCUT2D eigenvalue weighted by Gasteiger charge is -2.14. The van der Waals surface area contributed by atoms with Gasteiger partial charge in [-0.15, -0.1) is 22.7 Å². The molecular formula is C13H16N2S3. The fraction of sp³-hybridized carbons (Fsp3) is 0.385. The van der Waals surface area contributed by atoms with Crippen LogP contribution in [0.4, 0.5) is 0 Å². The normalized spacial score (nSPS) is 16.6. The lowest BCUT2D eigenvalue weighted by Crippen LogP contribution is -2.28. The predicted molar refractivity (Wildman–Crippen MR) is 82.4 cm³/mol. The monoisotopic (exact) mass is 296 g/mol. The molecule has 0 bridgehead atoms. The van der Waals surface area contributed by atoms with E-state index < -0.39 is 0 Å². The van der Waals surface area contributed by atoms with Crippen molar-refractivity contribution in [3.8, 4) is 0 Å². The molecular weight excluding hydrogens is 280 g/mol. The van der Waals surface area contributed by atoms with E-state index in [2.05, 4.69) is 29.9 Å². The van der Waals surface area contributed by atoms with Crippen molar-refractivity contribution in [1.82, 2.24) is 5.43 Å². The molecule has 3 rings (SSSR count). The van der Waals surface area contributed by atoms with E-state index in [0.29, 0.717) is 0 Å². The number of nitrogens with one attached hydrogen (secondary N) is 1. The molecule has 0 amide bonds. The van der Waals surface area contributed by atoms with E-state index >= 15 is 0 Å². The van der Waals surface area contributed by atoms with Crippen LogP contribution in [0.25, 0.3) is 0 Å². The van der Waals surface area contributed by atoms with Gasteiger partial charge in [0.15, 0.2) is 0 Å². The van der Waals surface area contributed by atoms with Crippen LogP contribution in [0.1, 0.15) is 31.8 Å². The van der Waals surface area contributed by atoms with Crippen molar-refractivity contribution >= 4 is 34.4 Å². The van der Waals surface area contributed by atoms with E-state index in [4.69, 9.17) is 5.84 Å². The third-order valence-corrected chi connectivity index (χ3v) is 6.48. The molecule has 1 aliphatic rings. The van der Waals surface area contributed by atoms with Crippen molar-refractivity contribution in [2.45, 2.75) is 25.1 Å². The summed E-state index contributed by atoms with van der Waals surface area (Å²) in [6.07, 6.45) is 1.21. The van der Waals surface area contributed by atoms with Gasteiger partial charge in [-0.25, -0.2) is 5.43 Å². The van der Waals surface area contributed by atoms with Crippen molar-refractivity contribution in [2.24, 2.45) is 5.84 Å². The van der Waals surface area contributed by atoms with Crippen LogP contribution in [0.3, 0.4) is 0 Å². The molecule has 2 aromatic rings. The van der Waals surface area contributed by atoms with Crippen molar-refractivity contribution in [3.05, 3.63) is 43.3 Å². The first-order valence-corrected chi connectivity index (χ1v) is 8.84. The highest BCUT2D eigenvalue weighted by molar-refractivity contribution is 7.98. The highest BCUT2D eigenvalue weighted by Crippen LogP contribution is 2.37. The summed E-state index contributed by atoms with van der Waals surface area (Å²) >= 11 is 5.73. The van der Waals surface area contributed by atoms with Crippen molar-refractivity contribution < 1.29 is 0 Å². The van der Waals surface area contributed by atoms with Gasteiger partial charge in [0.05, 0.1) is 6.04 Å². The molecule has 3 heterocycles. The van der Waals surface area contributed by atoms with Crippen LogP contribution >= 0.6 is 34.4 Å². The first kappa shape index (κ1) is 12.7. The topological polar surface area (TPSA) is 38.0 Å². The van der Waals surface area contributed by atoms with Gasteiger partial charge >= 0.3 is 0 Å². The lowest BCUT2D eigenvalue weighted by atomic mass is 10.1. The number of aryl methyl sites for hydroxylation is 2. The Hall–Kier alpha value is -0.330. The second kappa shape index (κ2) is 5.35. The molecule has 1 aliphatic heterocycles. The number of hydrogen-bond donors (Lipinski definition) is 2. The molecule has 1 unspecified atom stereocenters. The van der Waals surface area contributed by atoms with E-state index in [1.165, 1.54) is 33.1 Å². The van der Waals surface area contributed by atoms with Gasteiger partial charge in [-0.3, -0.25) is 5.84 Å². The Morgan fingerprint density at radius 1 is 1.44 bits per heavy atom. The average molecular weight is 296 g/mol. The predicted octanol–water partition coefficient (Wildman–Crippen LogP) is 3.46. The highest BCUT2D eigenvalue weighted by atomic mass is 32.2. The van der Waals surface area contributed by atoms with Crippen LogP contribution in [0.5, 0.6) is 0 Å². The summed E-state index contributed by atoms with van der Waals surface area (Å²) in [6, 6.07) is 4.67. The maximum atomic E-state index is 5.78. The van der Waals surface area contributed by atoms with Gasteiger partial charge in [-0.05, 0) is 47.7 Å². The Morgan fingerprint density at radius 2 is 2.33 bits per heavy atom. The van der Waals surface area contributed by atoms with Crippen LogP contribution in [-0.4, -0.2) is 5.75 Å². The standard InChI is InChI=1S/C13H16N2S3/c1-8-10(2-5-17-8)13(15-14)12-6-9-7-16-4-3-11(9)18-12/h2,5-6,13,15H,3-4,7,14H2,1H3. The van der Waals surface area contributed by atoms with Gasteiger partial charge < -0.3 is 0 Å². The molecule has 5 heteroatoms. The Bertz CT molecular complexity index is 521. The van der Waals surface area contributed by atoms with Crippen LogP contribution in [0, 0.1) is 6.92 Å². The minimum absolute atomic E-state index is 0.150. The molecule has 2 nitrogen and oxygen atoms in total. The van der Waals surface area contributed by atoms with Gasteiger partial charge in [0.25, 0.3) is 0 Å². The summed E-state index contributed by atoms with van der Waals surface area (Å²) in [5, 5.41) is 2.14. The summed E-state index contributed by atoms with van der Waals surface area (Å²) in [6.45, 7) is 2.16. The molecule has 18 heavy (non-hydrogen) atoms. The summed E-state index contributed by atoms with van der Waals surface area (Å²) < 4.78 is 0. The molecule has 0 radical (unpaired) electrons. The van der Waals surface area contributed by atoms with Crippen LogP contribution in [0.15, 0.2) is 17.5 Å². The van der Waals surface area contributed by atoms with Crippen molar-refractivity contribution in [3.63, 3.8) is 0 Å². The molecule has 0 aromatic carbocycles. The molecule has 3 N–H and O–H groups in total. The number of hydrazine groups is 1. The second-order valence-electron chi connectivity index (χ2n) is 4.43. The van der Waals surface area contributed by atoms with Gasteiger partial charge in [-0.2, -0.15) is 11.8 Å². The number of hydrogen-bond acceptors (Lipinski definition) is 5. The second-order valence-corrected chi connectivity index (χ2v) is 7.83. The van der Waals surface area contributed by atoms with Gasteiger partial charge in [0.1, 0.15) is 0 Å². The van der Waals surface area contributed by atoms with Gasteiger partial charge in [0, 0.05) is 20.4 Å². The molecule has 1 atom stereocenters. The van der Waals surface area contributed by atoms with Crippen LogP contribution < -0.4 is 11.3 Å². The number of nitrogens with two attached hydrogens (primary N) is 1. The van der Waals surface area contributed by atoms with E-state index in [1.54, 1.807) is 16.2 Å². The summed E-state index contributed by atoms with van der Waals surface area (Å²) in [5.74, 6) is 8.19. The number of fused-ring (bicyclic) bond motifs is 1. The zero-order chi connectivity index (χ0) is 12.5. The van der Waals surface area contributed by atoms with Crippen LogP contribution in [-0.2, 0) is 12.2 Å². The van der Waals surface area contributed by atoms with Gasteiger partial charge in [0.2, 0.25) is 0 Å². The fourth-order valence-electron chi connectivity index (χ4n) is 2.33. The highest BCUT2D eigenvalue weighted by Gasteiger charge is 2.21. The molecule has 0 fully saturated rings. The third-order valence-electron chi connectivity index (χ3n) is 3.31. The fourth-order valence-corrected chi connectivity index (χ4v) is 5.53. The molecule has 2 aromatic heterocycles. The smallest absolute Gasteiger partial charge is 0.0813 e. The first-order valence-electron chi connectivity index (χ1n) is 5.99. The summed E-state index contributed by atoms with van der Waals surface area (Å²) in [5.41, 5.74) is 5.81. The minimum atomic E-state index is 0.150. The van der Waals surface area contributed by atoms with E-state index in [9.17, 15) is 0 Å². The zero-order valence-corrected chi connectivity index (χ0v) is 12.7. The van der Waals surface area contributed by atoms with E-state index in [1.807, 2.05) is 23.1 Å². The zero-order valence-electron chi connectivity index (χ0n) is 10.2. The lowest BCUT2D eigenvalue weighted by molar-refractivity contribution is 0.645. The molecule has 0 aliphatic carbocycles. The largest absolute Gasteiger partial charge is 0.271 e. The molecule has 96 valence electrons. The number of rotatable bonds is 3.